The van der Waals surface area contributed by atoms with Crippen molar-refractivity contribution in [2.75, 3.05) is 13.1 Å². The second kappa shape index (κ2) is 6.44. The number of rotatable bonds is 7. The zero-order valence-corrected chi connectivity index (χ0v) is 11.0. The predicted molar refractivity (Wildman–Crippen MR) is 65.6 cm³/mol. The maximum atomic E-state index is 3.59. The summed E-state index contributed by atoms with van der Waals surface area (Å²) < 4.78 is 0. The first-order valence-electron chi connectivity index (χ1n) is 6.13. The third kappa shape index (κ3) is 4.99. The summed E-state index contributed by atoms with van der Waals surface area (Å²) in [7, 11) is 0. The molecule has 14 heavy (non-hydrogen) atoms. The van der Waals surface area contributed by atoms with Crippen molar-refractivity contribution in [2.45, 2.75) is 54.4 Å². The van der Waals surface area contributed by atoms with Gasteiger partial charge in [0.2, 0.25) is 0 Å². The van der Waals surface area contributed by atoms with E-state index in [1.54, 1.807) is 0 Å². The lowest BCUT2D eigenvalue weighted by atomic mass is 9.75. The third-order valence-electron chi connectivity index (χ3n) is 3.30. The molecule has 1 atom stereocenters. The molecule has 1 nitrogen and oxygen atoms in total. The highest BCUT2D eigenvalue weighted by molar-refractivity contribution is 4.79. The molecule has 0 rings (SSSR count). The first-order chi connectivity index (χ1) is 6.42. The minimum absolute atomic E-state index is 0.476. The fraction of sp³-hybridized carbons (Fsp3) is 1.00. The lowest BCUT2D eigenvalue weighted by Gasteiger charge is -2.34. The molecule has 0 saturated carbocycles. The molecule has 0 aliphatic heterocycles. The summed E-state index contributed by atoms with van der Waals surface area (Å²) in [5, 5.41) is 3.59. The number of hydrogen-bond donors (Lipinski definition) is 1. The summed E-state index contributed by atoms with van der Waals surface area (Å²) in [6, 6.07) is 0. The fourth-order valence-electron chi connectivity index (χ4n) is 1.80. The Balaban J connectivity index is 3.96. The molecule has 0 saturated heterocycles. The molecule has 0 spiro atoms. The van der Waals surface area contributed by atoms with Crippen LogP contribution in [0.25, 0.3) is 0 Å². The van der Waals surface area contributed by atoms with Crippen LogP contribution in [0, 0.1) is 17.3 Å². The van der Waals surface area contributed by atoms with Gasteiger partial charge in [-0.1, -0.05) is 48.0 Å². The van der Waals surface area contributed by atoms with Gasteiger partial charge in [-0.25, -0.2) is 0 Å². The first kappa shape index (κ1) is 14.0. The average molecular weight is 199 g/mol. The van der Waals surface area contributed by atoms with Gasteiger partial charge in [0.15, 0.2) is 0 Å². The van der Waals surface area contributed by atoms with Gasteiger partial charge in [-0.05, 0) is 30.2 Å². The molecule has 0 fully saturated rings. The molecule has 1 heteroatoms. The van der Waals surface area contributed by atoms with E-state index in [0.717, 1.165) is 24.9 Å². The van der Waals surface area contributed by atoms with Crippen molar-refractivity contribution in [2.24, 2.45) is 17.3 Å². The fourth-order valence-corrected chi connectivity index (χ4v) is 1.80. The van der Waals surface area contributed by atoms with Crippen LogP contribution in [0.3, 0.4) is 0 Å². The Kier molecular flexibility index (Phi) is 6.43. The lowest BCUT2D eigenvalue weighted by Crippen LogP contribution is -2.37. The second-order valence-electron chi connectivity index (χ2n) is 5.58. The monoisotopic (exact) mass is 199 g/mol. The minimum atomic E-state index is 0.476. The Labute approximate surface area is 90.7 Å². The van der Waals surface area contributed by atoms with Crippen molar-refractivity contribution in [3.63, 3.8) is 0 Å². The maximum absolute atomic E-state index is 3.59. The summed E-state index contributed by atoms with van der Waals surface area (Å²) in [6.07, 6.45) is 2.62. The van der Waals surface area contributed by atoms with E-state index in [-0.39, 0.29) is 0 Å². The van der Waals surface area contributed by atoms with E-state index in [4.69, 9.17) is 0 Å². The summed E-state index contributed by atoms with van der Waals surface area (Å²) in [5.74, 6) is 1.52. The van der Waals surface area contributed by atoms with Gasteiger partial charge in [-0.3, -0.25) is 0 Å². The Morgan fingerprint density at radius 1 is 1.14 bits per heavy atom. The Morgan fingerprint density at radius 2 is 1.71 bits per heavy atom. The van der Waals surface area contributed by atoms with Crippen LogP contribution in [0.15, 0.2) is 0 Å². The Hall–Kier alpha value is -0.0400. The molecule has 86 valence electrons. The molecule has 0 heterocycles. The van der Waals surface area contributed by atoms with Gasteiger partial charge in [0, 0.05) is 6.54 Å². The van der Waals surface area contributed by atoms with Gasteiger partial charge in [-0.15, -0.1) is 0 Å². The topological polar surface area (TPSA) is 12.0 Å². The van der Waals surface area contributed by atoms with Crippen LogP contribution in [0.4, 0.5) is 0 Å². The summed E-state index contributed by atoms with van der Waals surface area (Å²) in [6.45, 7) is 16.2. The molecular weight excluding hydrogens is 170 g/mol. The number of hydrogen-bond acceptors (Lipinski definition) is 1. The van der Waals surface area contributed by atoms with Crippen molar-refractivity contribution in [1.82, 2.24) is 5.32 Å². The largest absolute Gasteiger partial charge is 0.316 e. The van der Waals surface area contributed by atoms with Gasteiger partial charge >= 0.3 is 0 Å². The normalized spacial score (nSPS) is 16.3. The van der Waals surface area contributed by atoms with E-state index in [9.17, 15) is 0 Å². The highest BCUT2D eigenvalue weighted by atomic mass is 14.9. The van der Waals surface area contributed by atoms with Crippen LogP contribution in [-0.4, -0.2) is 13.1 Å². The van der Waals surface area contributed by atoms with Crippen LogP contribution in [0.1, 0.15) is 54.4 Å². The second-order valence-corrected chi connectivity index (χ2v) is 5.58. The summed E-state index contributed by atoms with van der Waals surface area (Å²) in [5.41, 5.74) is 0.476. The van der Waals surface area contributed by atoms with Crippen LogP contribution in [0.5, 0.6) is 0 Å². The molecule has 0 aromatic heterocycles. The van der Waals surface area contributed by atoms with Crippen LogP contribution in [0.2, 0.25) is 0 Å². The summed E-state index contributed by atoms with van der Waals surface area (Å²) in [4.78, 5) is 0. The molecule has 0 aromatic rings. The van der Waals surface area contributed by atoms with Gasteiger partial charge in [0.05, 0.1) is 0 Å². The van der Waals surface area contributed by atoms with E-state index in [0.29, 0.717) is 5.41 Å². The molecule has 1 N–H and O–H groups in total. The predicted octanol–water partition coefficient (Wildman–Crippen LogP) is 3.69. The SMILES string of the molecule is CCCC(C)(CNCC(C)C)C(C)C. The third-order valence-corrected chi connectivity index (χ3v) is 3.30. The molecular formula is C13H29N. The molecule has 0 amide bonds. The highest BCUT2D eigenvalue weighted by Crippen LogP contribution is 2.31. The van der Waals surface area contributed by atoms with Crippen molar-refractivity contribution < 1.29 is 0 Å². The maximum Gasteiger partial charge on any atom is 0.000772 e. The zero-order valence-electron chi connectivity index (χ0n) is 11.0. The van der Waals surface area contributed by atoms with Crippen LogP contribution >= 0.6 is 0 Å². The van der Waals surface area contributed by atoms with E-state index < -0.39 is 0 Å². The van der Waals surface area contributed by atoms with Crippen molar-refractivity contribution in [3.05, 3.63) is 0 Å². The van der Waals surface area contributed by atoms with Crippen molar-refractivity contribution in [3.8, 4) is 0 Å². The molecule has 0 radical (unpaired) electrons. The summed E-state index contributed by atoms with van der Waals surface area (Å²) >= 11 is 0. The van der Waals surface area contributed by atoms with Crippen LogP contribution in [-0.2, 0) is 0 Å². The Bertz CT molecular complexity index is 140. The van der Waals surface area contributed by atoms with Gasteiger partial charge in [0.25, 0.3) is 0 Å². The minimum Gasteiger partial charge on any atom is -0.316 e. The van der Waals surface area contributed by atoms with Crippen LogP contribution < -0.4 is 5.32 Å². The Morgan fingerprint density at radius 3 is 2.07 bits per heavy atom. The molecule has 1 unspecified atom stereocenters. The molecule has 0 aliphatic rings. The van der Waals surface area contributed by atoms with Gasteiger partial charge < -0.3 is 5.32 Å². The van der Waals surface area contributed by atoms with Crippen molar-refractivity contribution >= 4 is 0 Å². The standard InChI is InChI=1S/C13H29N/c1-7-8-13(6,12(4)5)10-14-9-11(2)3/h11-12,14H,7-10H2,1-6H3. The molecule has 0 aromatic carbocycles. The zero-order chi connectivity index (χ0) is 11.2. The number of nitrogens with one attached hydrogen (secondary N) is 1. The van der Waals surface area contributed by atoms with E-state index in [2.05, 4.69) is 46.9 Å². The lowest BCUT2D eigenvalue weighted by molar-refractivity contribution is 0.187. The quantitative estimate of drug-likeness (QED) is 0.659. The van der Waals surface area contributed by atoms with E-state index in [1.165, 1.54) is 12.8 Å². The molecule has 0 bridgehead atoms. The highest BCUT2D eigenvalue weighted by Gasteiger charge is 2.26. The molecule has 0 aliphatic carbocycles. The first-order valence-corrected chi connectivity index (χ1v) is 6.13. The van der Waals surface area contributed by atoms with Crippen molar-refractivity contribution in [1.29, 1.82) is 0 Å². The van der Waals surface area contributed by atoms with Gasteiger partial charge in [0.1, 0.15) is 0 Å². The average Bonchev–Trinajstić information content (AvgIpc) is 2.03. The smallest absolute Gasteiger partial charge is 0.000772 e. The van der Waals surface area contributed by atoms with E-state index in [1.807, 2.05) is 0 Å². The van der Waals surface area contributed by atoms with E-state index >= 15 is 0 Å². The van der Waals surface area contributed by atoms with Gasteiger partial charge in [-0.2, -0.15) is 0 Å².